The van der Waals surface area contributed by atoms with Crippen LogP contribution in [0.2, 0.25) is 0 Å². The van der Waals surface area contributed by atoms with Crippen LogP contribution in [-0.4, -0.2) is 11.4 Å². The van der Waals surface area contributed by atoms with Crippen LogP contribution in [0.5, 0.6) is 0 Å². The molecule has 1 heterocycles. The average molecular weight is 278 g/mol. The second-order valence-electron chi connectivity index (χ2n) is 4.96. The van der Waals surface area contributed by atoms with Gasteiger partial charge in [-0.1, -0.05) is 26.7 Å². The fourth-order valence-electron chi connectivity index (χ4n) is 2.26. The highest BCUT2D eigenvalue weighted by molar-refractivity contribution is 7.08. The van der Waals surface area contributed by atoms with Crippen LogP contribution in [0, 0.1) is 11.3 Å². The minimum absolute atomic E-state index is 0.0538. The van der Waals surface area contributed by atoms with E-state index in [0.717, 1.165) is 18.4 Å². The van der Waals surface area contributed by atoms with Crippen LogP contribution in [0.1, 0.15) is 57.9 Å². The lowest BCUT2D eigenvalue weighted by molar-refractivity contribution is -0.123. The normalized spacial score (nSPS) is 12.7. The number of thiophene rings is 1. The Morgan fingerprint density at radius 1 is 1.47 bits per heavy atom. The molecule has 1 rings (SSSR count). The highest BCUT2D eigenvalue weighted by atomic mass is 32.1. The number of amides is 1. The van der Waals surface area contributed by atoms with Crippen molar-refractivity contribution in [2.24, 2.45) is 0 Å². The van der Waals surface area contributed by atoms with Crippen molar-refractivity contribution in [2.75, 3.05) is 0 Å². The van der Waals surface area contributed by atoms with Crippen LogP contribution < -0.4 is 5.32 Å². The maximum absolute atomic E-state index is 12.3. The van der Waals surface area contributed by atoms with E-state index in [1.54, 1.807) is 11.3 Å². The predicted octanol–water partition coefficient (Wildman–Crippen LogP) is 3.83. The zero-order valence-corrected chi connectivity index (χ0v) is 12.7. The van der Waals surface area contributed by atoms with Gasteiger partial charge in [0.1, 0.15) is 5.54 Å². The van der Waals surface area contributed by atoms with Gasteiger partial charge in [0.05, 0.1) is 12.0 Å². The minimum Gasteiger partial charge on any atom is -0.337 e. The molecule has 0 radical (unpaired) electrons. The first-order valence-electron chi connectivity index (χ1n) is 6.84. The Bertz CT molecular complexity index is 427. The smallest absolute Gasteiger partial charge is 0.228 e. The molecule has 0 saturated carbocycles. The summed E-state index contributed by atoms with van der Waals surface area (Å²) in [5.41, 5.74) is 0.313. The van der Waals surface area contributed by atoms with E-state index in [0.29, 0.717) is 12.8 Å². The van der Waals surface area contributed by atoms with Gasteiger partial charge in [-0.05, 0) is 42.2 Å². The lowest BCUT2D eigenvalue weighted by atomic mass is 9.89. The molecule has 104 valence electrons. The second kappa shape index (κ2) is 7.30. The summed E-state index contributed by atoms with van der Waals surface area (Å²) in [6.45, 7) is 5.96. The molecule has 0 aliphatic carbocycles. The van der Waals surface area contributed by atoms with Crippen molar-refractivity contribution in [2.45, 2.75) is 57.9 Å². The number of nitrogens with one attached hydrogen (secondary N) is 1. The van der Waals surface area contributed by atoms with Gasteiger partial charge in [-0.15, -0.1) is 0 Å². The fourth-order valence-corrected chi connectivity index (χ4v) is 3.01. The molecule has 0 unspecified atom stereocenters. The number of rotatable bonds is 7. The summed E-state index contributed by atoms with van der Waals surface area (Å²) < 4.78 is 0. The van der Waals surface area contributed by atoms with Crippen molar-refractivity contribution in [1.29, 1.82) is 5.26 Å². The van der Waals surface area contributed by atoms with Gasteiger partial charge in [0.25, 0.3) is 0 Å². The number of hydrogen-bond acceptors (Lipinski definition) is 3. The SMILES string of the molecule is CCCC(C#N)(CCC)NC(=O)[C@@H](C)c1ccsc1. The third-order valence-electron chi connectivity index (χ3n) is 3.37. The Morgan fingerprint density at radius 2 is 2.11 bits per heavy atom. The van der Waals surface area contributed by atoms with Gasteiger partial charge in [0.2, 0.25) is 5.91 Å². The Labute approximate surface area is 119 Å². The molecular weight excluding hydrogens is 256 g/mol. The van der Waals surface area contributed by atoms with E-state index in [1.165, 1.54) is 0 Å². The highest BCUT2D eigenvalue weighted by Gasteiger charge is 2.31. The average Bonchev–Trinajstić information content (AvgIpc) is 2.92. The second-order valence-corrected chi connectivity index (χ2v) is 5.74. The van der Waals surface area contributed by atoms with E-state index in [4.69, 9.17) is 0 Å². The van der Waals surface area contributed by atoms with Crippen molar-refractivity contribution < 1.29 is 4.79 Å². The standard InChI is InChI=1S/C15H22N2OS/c1-4-7-15(11-16,8-5-2)17-14(18)12(3)13-6-9-19-10-13/h6,9-10,12H,4-5,7-8H2,1-3H3,(H,17,18)/t12-/m0/s1. The molecule has 1 N–H and O–H groups in total. The molecule has 0 spiro atoms. The van der Waals surface area contributed by atoms with Gasteiger partial charge in [-0.25, -0.2) is 0 Å². The molecule has 0 saturated heterocycles. The molecule has 1 aromatic heterocycles. The minimum atomic E-state index is -0.704. The maximum atomic E-state index is 12.3. The van der Waals surface area contributed by atoms with Crippen molar-refractivity contribution in [1.82, 2.24) is 5.32 Å². The Balaban J connectivity index is 2.79. The zero-order valence-electron chi connectivity index (χ0n) is 11.9. The Hall–Kier alpha value is -1.34. The summed E-state index contributed by atoms with van der Waals surface area (Å²) in [4.78, 5) is 12.3. The van der Waals surface area contributed by atoms with E-state index >= 15 is 0 Å². The van der Waals surface area contributed by atoms with Crippen molar-refractivity contribution in [3.05, 3.63) is 22.4 Å². The lowest BCUT2D eigenvalue weighted by Gasteiger charge is -2.28. The third-order valence-corrected chi connectivity index (χ3v) is 4.07. The summed E-state index contributed by atoms with van der Waals surface area (Å²) in [6, 6.07) is 4.28. The van der Waals surface area contributed by atoms with Gasteiger partial charge < -0.3 is 5.32 Å². The largest absolute Gasteiger partial charge is 0.337 e. The summed E-state index contributed by atoms with van der Waals surface area (Å²) in [5.74, 6) is -0.255. The molecule has 0 aliphatic heterocycles. The van der Waals surface area contributed by atoms with Crippen molar-refractivity contribution in [3.8, 4) is 6.07 Å². The van der Waals surface area contributed by atoms with Crippen LogP contribution in [0.4, 0.5) is 0 Å². The van der Waals surface area contributed by atoms with Crippen LogP contribution >= 0.6 is 11.3 Å². The molecular formula is C15H22N2OS. The van der Waals surface area contributed by atoms with Crippen LogP contribution in [0.15, 0.2) is 16.8 Å². The number of nitrogens with zero attached hydrogens (tertiary/aromatic N) is 1. The lowest BCUT2D eigenvalue weighted by Crippen LogP contribution is -2.48. The van der Waals surface area contributed by atoms with Crippen LogP contribution in [-0.2, 0) is 4.79 Å². The Kier molecular flexibility index (Phi) is 6.04. The first-order valence-corrected chi connectivity index (χ1v) is 7.78. The van der Waals surface area contributed by atoms with E-state index in [2.05, 4.69) is 11.4 Å². The van der Waals surface area contributed by atoms with Gasteiger partial charge in [0.15, 0.2) is 0 Å². The topological polar surface area (TPSA) is 52.9 Å². The molecule has 1 aromatic rings. The quantitative estimate of drug-likeness (QED) is 0.824. The van der Waals surface area contributed by atoms with E-state index in [1.807, 2.05) is 37.6 Å². The molecule has 4 heteroatoms. The number of nitriles is 1. The molecule has 3 nitrogen and oxygen atoms in total. The van der Waals surface area contributed by atoms with E-state index < -0.39 is 5.54 Å². The first kappa shape index (κ1) is 15.7. The molecule has 0 fully saturated rings. The van der Waals surface area contributed by atoms with Gasteiger partial charge in [-0.3, -0.25) is 4.79 Å². The van der Waals surface area contributed by atoms with Gasteiger partial charge >= 0.3 is 0 Å². The first-order chi connectivity index (χ1) is 9.08. The maximum Gasteiger partial charge on any atom is 0.228 e. The molecule has 1 amide bonds. The monoisotopic (exact) mass is 278 g/mol. The summed E-state index contributed by atoms with van der Waals surface area (Å²) >= 11 is 1.58. The summed E-state index contributed by atoms with van der Waals surface area (Å²) in [6.07, 6.45) is 3.19. The van der Waals surface area contributed by atoms with Crippen molar-refractivity contribution >= 4 is 17.2 Å². The number of carbonyl (C=O) groups is 1. The molecule has 0 aromatic carbocycles. The molecule has 19 heavy (non-hydrogen) atoms. The molecule has 0 aliphatic rings. The zero-order chi connectivity index (χ0) is 14.3. The summed E-state index contributed by atoms with van der Waals surface area (Å²) in [5, 5.41) is 16.4. The van der Waals surface area contributed by atoms with E-state index in [9.17, 15) is 10.1 Å². The van der Waals surface area contributed by atoms with Crippen molar-refractivity contribution in [3.63, 3.8) is 0 Å². The summed E-state index contributed by atoms with van der Waals surface area (Å²) in [7, 11) is 0. The molecule has 0 bridgehead atoms. The van der Waals surface area contributed by atoms with Crippen LogP contribution in [0.25, 0.3) is 0 Å². The van der Waals surface area contributed by atoms with Crippen LogP contribution in [0.3, 0.4) is 0 Å². The third kappa shape index (κ3) is 4.07. The van der Waals surface area contributed by atoms with Gasteiger partial charge in [0, 0.05) is 0 Å². The predicted molar refractivity (Wildman–Crippen MR) is 79.0 cm³/mol. The number of hydrogen-bond donors (Lipinski definition) is 1. The number of carbonyl (C=O) groups excluding carboxylic acids is 1. The molecule has 1 atom stereocenters. The van der Waals surface area contributed by atoms with Gasteiger partial charge in [-0.2, -0.15) is 16.6 Å². The van der Waals surface area contributed by atoms with E-state index in [-0.39, 0.29) is 11.8 Å². The fraction of sp³-hybridized carbons (Fsp3) is 0.600. The highest BCUT2D eigenvalue weighted by Crippen LogP contribution is 2.23. The Morgan fingerprint density at radius 3 is 2.53 bits per heavy atom.